The predicted octanol–water partition coefficient (Wildman–Crippen LogP) is 3.77. The van der Waals surface area contributed by atoms with Crippen LogP contribution in [0, 0.1) is 0 Å². The van der Waals surface area contributed by atoms with E-state index in [1.165, 1.54) is 23.1 Å². The summed E-state index contributed by atoms with van der Waals surface area (Å²) in [6, 6.07) is 0. The highest BCUT2D eigenvalue weighted by molar-refractivity contribution is 9.10. The SMILES string of the molecule is CC(C(=O)C(C)c1c(Br)nsc1N)c1c(Br)nsc1N. The topological polar surface area (TPSA) is 94.9 Å². The molecule has 0 saturated heterocycles. The number of nitrogen functional groups attached to an aromatic ring is 2. The molecule has 2 unspecified atom stereocenters. The van der Waals surface area contributed by atoms with Crippen molar-refractivity contribution >= 4 is 70.7 Å². The molecule has 0 bridgehead atoms. The molecule has 0 saturated carbocycles. The Kier molecular flexibility index (Phi) is 4.83. The maximum atomic E-state index is 12.6. The zero-order chi connectivity index (χ0) is 15.0. The second-order valence-corrected chi connectivity index (χ2v) is 7.46. The number of carbonyl (C=O) groups excluding carboxylic acids is 1. The van der Waals surface area contributed by atoms with Crippen molar-refractivity contribution in [3.63, 3.8) is 0 Å². The molecule has 0 amide bonds. The normalized spacial score (nSPS) is 14.2. The van der Waals surface area contributed by atoms with Gasteiger partial charge in [0.25, 0.3) is 0 Å². The fourth-order valence-electron chi connectivity index (χ4n) is 2.02. The van der Waals surface area contributed by atoms with Crippen molar-refractivity contribution in [1.29, 1.82) is 0 Å². The molecule has 0 radical (unpaired) electrons. The molecule has 0 fully saturated rings. The van der Waals surface area contributed by atoms with Crippen molar-refractivity contribution in [2.45, 2.75) is 25.7 Å². The first-order valence-electron chi connectivity index (χ1n) is 5.69. The minimum atomic E-state index is -0.357. The van der Waals surface area contributed by atoms with Gasteiger partial charge in [-0.1, -0.05) is 13.8 Å². The minimum Gasteiger partial charge on any atom is -0.389 e. The Balaban J connectivity index is 2.32. The van der Waals surface area contributed by atoms with Gasteiger partial charge in [-0.2, -0.15) is 8.75 Å². The molecular formula is C11H12Br2N4OS2. The van der Waals surface area contributed by atoms with E-state index in [0.29, 0.717) is 19.2 Å². The van der Waals surface area contributed by atoms with Crippen LogP contribution in [0.5, 0.6) is 0 Å². The third-order valence-electron chi connectivity index (χ3n) is 3.14. The van der Waals surface area contributed by atoms with Gasteiger partial charge in [0.05, 0.1) is 0 Å². The second kappa shape index (κ2) is 6.08. The van der Waals surface area contributed by atoms with Crippen LogP contribution >= 0.6 is 54.9 Å². The molecule has 20 heavy (non-hydrogen) atoms. The predicted molar refractivity (Wildman–Crippen MR) is 90.3 cm³/mol. The van der Waals surface area contributed by atoms with E-state index in [4.69, 9.17) is 11.5 Å². The number of Topliss-reactive ketones (excluding diaryl/α,β-unsaturated/α-hetero) is 1. The maximum absolute atomic E-state index is 12.6. The summed E-state index contributed by atoms with van der Waals surface area (Å²) in [6.07, 6.45) is 0. The fourth-order valence-corrected chi connectivity index (χ4v) is 5.13. The Morgan fingerprint density at radius 2 is 1.35 bits per heavy atom. The molecule has 5 nitrogen and oxygen atoms in total. The first-order chi connectivity index (χ1) is 9.34. The Labute approximate surface area is 141 Å². The molecule has 0 aliphatic carbocycles. The second-order valence-electron chi connectivity index (χ2n) is 4.35. The smallest absolute Gasteiger partial charge is 0.147 e. The number of aromatic nitrogens is 2. The number of halogens is 2. The van der Waals surface area contributed by atoms with Gasteiger partial charge in [0.2, 0.25) is 0 Å². The van der Waals surface area contributed by atoms with Gasteiger partial charge in [-0.15, -0.1) is 0 Å². The molecule has 2 rings (SSSR count). The number of rotatable bonds is 4. The Morgan fingerprint density at radius 1 is 1.00 bits per heavy atom. The van der Waals surface area contributed by atoms with E-state index < -0.39 is 0 Å². The molecule has 2 aromatic rings. The first-order valence-corrected chi connectivity index (χ1v) is 8.82. The lowest BCUT2D eigenvalue weighted by Crippen LogP contribution is -2.18. The van der Waals surface area contributed by atoms with Crippen LogP contribution in [0.3, 0.4) is 0 Å². The molecule has 9 heteroatoms. The summed E-state index contributed by atoms with van der Waals surface area (Å²) in [5.74, 6) is -0.682. The van der Waals surface area contributed by atoms with Gasteiger partial charge in [0.1, 0.15) is 25.0 Å². The summed E-state index contributed by atoms with van der Waals surface area (Å²) in [7, 11) is 0. The highest BCUT2D eigenvalue weighted by Crippen LogP contribution is 2.39. The molecule has 2 atom stereocenters. The lowest BCUT2D eigenvalue weighted by molar-refractivity contribution is -0.121. The van der Waals surface area contributed by atoms with Crippen LogP contribution < -0.4 is 11.5 Å². The zero-order valence-corrected chi connectivity index (χ0v) is 15.5. The molecule has 108 valence electrons. The van der Waals surface area contributed by atoms with Crippen LogP contribution in [0.25, 0.3) is 0 Å². The standard InChI is InChI=1S/C11H12Br2N4OS2/c1-3(5-8(12)16-19-10(5)14)7(18)4(2)6-9(13)17-20-11(6)15/h3-4H,14-15H2,1-2H3. The number of ketones is 1. The van der Waals surface area contributed by atoms with Crippen molar-refractivity contribution in [3.05, 3.63) is 20.3 Å². The summed E-state index contributed by atoms with van der Waals surface area (Å²) in [5, 5.41) is 1.11. The van der Waals surface area contributed by atoms with Gasteiger partial charge in [-0.05, 0) is 54.9 Å². The Morgan fingerprint density at radius 3 is 1.60 bits per heavy atom. The number of nitrogens with two attached hydrogens (primary N) is 2. The summed E-state index contributed by atoms with van der Waals surface area (Å²) >= 11 is 9.02. The number of nitrogens with zero attached hydrogens (tertiary/aromatic N) is 2. The Bertz CT molecular complexity index is 562. The maximum Gasteiger partial charge on any atom is 0.147 e. The summed E-state index contributed by atoms with van der Waals surface area (Å²) in [4.78, 5) is 12.6. The average molecular weight is 440 g/mol. The largest absolute Gasteiger partial charge is 0.389 e. The van der Waals surface area contributed by atoms with E-state index in [2.05, 4.69) is 40.6 Å². The van der Waals surface area contributed by atoms with Crippen molar-refractivity contribution < 1.29 is 4.79 Å². The van der Waals surface area contributed by atoms with Crippen molar-refractivity contribution in [3.8, 4) is 0 Å². The summed E-state index contributed by atoms with van der Waals surface area (Å²) in [5.41, 5.74) is 13.3. The first kappa shape index (κ1) is 15.9. The number of carbonyl (C=O) groups is 1. The number of hydrogen-bond acceptors (Lipinski definition) is 7. The van der Waals surface area contributed by atoms with Gasteiger partial charge in [0.15, 0.2) is 0 Å². The summed E-state index contributed by atoms with van der Waals surface area (Å²) < 4.78 is 9.48. The van der Waals surface area contributed by atoms with Crippen LogP contribution in [0.1, 0.15) is 36.8 Å². The molecule has 0 spiro atoms. The van der Waals surface area contributed by atoms with Gasteiger partial charge < -0.3 is 11.5 Å². The number of anilines is 2. The summed E-state index contributed by atoms with van der Waals surface area (Å²) in [6.45, 7) is 3.65. The van der Waals surface area contributed by atoms with E-state index in [0.717, 1.165) is 11.1 Å². The highest BCUT2D eigenvalue weighted by Gasteiger charge is 2.30. The molecule has 4 N–H and O–H groups in total. The molecule has 2 heterocycles. The van der Waals surface area contributed by atoms with Crippen molar-refractivity contribution in [2.24, 2.45) is 0 Å². The van der Waals surface area contributed by atoms with Gasteiger partial charge in [-0.25, -0.2) is 0 Å². The lowest BCUT2D eigenvalue weighted by Gasteiger charge is -2.16. The van der Waals surface area contributed by atoms with E-state index in [1.807, 2.05) is 13.8 Å². The molecule has 0 aromatic carbocycles. The lowest BCUT2D eigenvalue weighted by atomic mass is 9.88. The molecule has 2 aromatic heterocycles. The molecule has 0 aliphatic rings. The highest BCUT2D eigenvalue weighted by atomic mass is 79.9. The van der Waals surface area contributed by atoms with Crippen LogP contribution in [0.15, 0.2) is 9.21 Å². The minimum absolute atomic E-state index is 0.0326. The van der Waals surface area contributed by atoms with E-state index >= 15 is 0 Å². The third kappa shape index (κ3) is 2.76. The third-order valence-corrected chi connectivity index (χ3v) is 6.20. The van der Waals surface area contributed by atoms with E-state index in [-0.39, 0.29) is 17.6 Å². The van der Waals surface area contributed by atoms with Crippen molar-refractivity contribution in [2.75, 3.05) is 11.5 Å². The van der Waals surface area contributed by atoms with E-state index in [1.54, 1.807) is 0 Å². The van der Waals surface area contributed by atoms with Gasteiger partial charge in [0, 0.05) is 23.0 Å². The van der Waals surface area contributed by atoms with Crippen molar-refractivity contribution in [1.82, 2.24) is 8.75 Å². The molecular weight excluding hydrogens is 428 g/mol. The molecule has 0 aliphatic heterocycles. The van der Waals surface area contributed by atoms with Crippen LogP contribution in [-0.4, -0.2) is 14.5 Å². The fraction of sp³-hybridized carbons (Fsp3) is 0.364. The quantitative estimate of drug-likeness (QED) is 0.755. The number of hydrogen-bond donors (Lipinski definition) is 2. The van der Waals surface area contributed by atoms with Crippen LogP contribution in [0.2, 0.25) is 0 Å². The van der Waals surface area contributed by atoms with Gasteiger partial charge >= 0.3 is 0 Å². The van der Waals surface area contributed by atoms with Gasteiger partial charge in [-0.3, -0.25) is 4.79 Å². The Hall–Kier alpha value is -0.510. The van der Waals surface area contributed by atoms with Crippen LogP contribution in [-0.2, 0) is 4.79 Å². The van der Waals surface area contributed by atoms with Crippen LogP contribution in [0.4, 0.5) is 10.0 Å². The average Bonchev–Trinajstić information content (AvgIpc) is 2.90. The zero-order valence-electron chi connectivity index (χ0n) is 10.7. The van der Waals surface area contributed by atoms with E-state index in [9.17, 15) is 4.79 Å². The monoisotopic (exact) mass is 438 g/mol.